The zero-order valence-electron chi connectivity index (χ0n) is 14.5. The summed E-state index contributed by atoms with van der Waals surface area (Å²) in [4.78, 5) is 28.5. The van der Waals surface area contributed by atoms with Gasteiger partial charge in [0.15, 0.2) is 0 Å². The van der Waals surface area contributed by atoms with Gasteiger partial charge in [-0.2, -0.15) is 0 Å². The summed E-state index contributed by atoms with van der Waals surface area (Å²) in [5.74, 6) is 0.513. The third-order valence-corrected chi connectivity index (χ3v) is 5.32. The minimum atomic E-state index is 0.0154. The molecule has 0 aliphatic carbocycles. The van der Waals surface area contributed by atoms with Gasteiger partial charge in [0.2, 0.25) is 11.8 Å². The average molecular weight is 309 g/mol. The number of carbonyl (C=O) groups is 2. The molecule has 0 spiro atoms. The second kappa shape index (κ2) is 6.99. The largest absolute Gasteiger partial charge is 0.356 e. The van der Waals surface area contributed by atoms with Gasteiger partial charge in [-0.05, 0) is 18.3 Å². The smallest absolute Gasteiger partial charge is 0.226 e. The van der Waals surface area contributed by atoms with E-state index < -0.39 is 0 Å². The SMILES string of the molecule is C[C@H](C(=O)N1CCN([C@@H]2CCNC(=O)CC2)CC1)C(C)(C)C. The highest BCUT2D eigenvalue weighted by molar-refractivity contribution is 5.79. The first-order valence-electron chi connectivity index (χ1n) is 8.58. The van der Waals surface area contributed by atoms with E-state index in [9.17, 15) is 9.59 Å². The molecule has 1 N–H and O–H groups in total. The summed E-state index contributed by atoms with van der Waals surface area (Å²) in [6, 6.07) is 0.483. The molecule has 2 fully saturated rings. The molecule has 22 heavy (non-hydrogen) atoms. The van der Waals surface area contributed by atoms with Crippen molar-refractivity contribution in [1.82, 2.24) is 15.1 Å². The number of hydrogen-bond acceptors (Lipinski definition) is 3. The molecule has 2 heterocycles. The van der Waals surface area contributed by atoms with Crippen molar-refractivity contribution < 1.29 is 9.59 Å². The Morgan fingerprint density at radius 3 is 2.41 bits per heavy atom. The molecule has 0 aromatic heterocycles. The number of amides is 2. The van der Waals surface area contributed by atoms with E-state index in [0.717, 1.165) is 45.6 Å². The van der Waals surface area contributed by atoms with Gasteiger partial charge in [-0.15, -0.1) is 0 Å². The first kappa shape index (κ1) is 17.3. The zero-order chi connectivity index (χ0) is 16.3. The van der Waals surface area contributed by atoms with Crippen molar-refractivity contribution in [3.05, 3.63) is 0 Å². The first-order chi connectivity index (χ1) is 10.3. The second-order valence-electron chi connectivity index (χ2n) is 7.78. The van der Waals surface area contributed by atoms with E-state index >= 15 is 0 Å². The Labute approximate surface area is 134 Å². The molecule has 2 saturated heterocycles. The van der Waals surface area contributed by atoms with Crippen LogP contribution in [0.25, 0.3) is 0 Å². The maximum Gasteiger partial charge on any atom is 0.226 e. The van der Waals surface area contributed by atoms with Crippen molar-refractivity contribution in [1.29, 1.82) is 0 Å². The summed E-state index contributed by atoms with van der Waals surface area (Å²) in [6.45, 7) is 12.7. The number of piperazine rings is 1. The van der Waals surface area contributed by atoms with E-state index in [2.05, 4.69) is 31.0 Å². The summed E-state index contributed by atoms with van der Waals surface area (Å²) < 4.78 is 0. The van der Waals surface area contributed by atoms with Crippen molar-refractivity contribution >= 4 is 11.8 Å². The molecule has 0 aromatic rings. The monoisotopic (exact) mass is 309 g/mol. The third kappa shape index (κ3) is 4.22. The summed E-state index contributed by atoms with van der Waals surface area (Å²) in [6.07, 6.45) is 2.60. The molecule has 0 unspecified atom stereocenters. The average Bonchev–Trinajstić information content (AvgIpc) is 2.70. The zero-order valence-corrected chi connectivity index (χ0v) is 14.5. The normalized spacial score (nSPS) is 26.3. The van der Waals surface area contributed by atoms with Crippen molar-refractivity contribution in [2.45, 2.75) is 53.0 Å². The number of rotatable bonds is 2. The van der Waals surface area contributed by atoms with E-state index in [1.807, 2.05) is 11.8 Å². The third-order valence-electron chi connectivity index (χ3n) is 5.32. The summed E-state index contributed by atoms with van der Waals surface area (Å²) in [7, 11) is 0. The van der Waals surface area contributed by atoms with Crippen LogP contribution >= 0.6 is 0 Å². The lowest BCUT2D eigenvalue weighted by atomic mass is 9.81. The number of nitrogens with one attached hydrogen (secondary N) is 1. The lowest BCUT2D eigenvalue weighted by Gasteiger charge is -2.41. The molecule has 5 heteroatoms. The van der Waals surface area contributed by atoms with Crippen LogP contribution < -0.4 is 5.32 Å². The van der Waals surface area contributed by atoms with E-state index in [0.29, 0.717) is 12.5 Å². The van der Waals surface area contributed by atoms with Gasteiger partial charge in [0.25, 0.3) is 0 Å². The minimum absolute atomic E-state index is 0.0154. The number of nitrogens with zero attached hydrogens (tertiary/aromatic N) is 2. The van der Waals surface area contributed by atoms with Crippen LogP contribution in [0.15, 0.2) is 0 Å². The van der Waals surface area contributed by atoms with Gasteiger partial charge < -0.3 is 10.2 Å². The van der Waals surface area contributed by atoms with Crippen molar-refractivity contribution in [2.75, 3.05) is 32.7 Å². The van der Waals surface area contributed by atoms with Crippen LogP contribution in [0.4, 0.5) is 0 Å². The van der Waals surface area contributed by atoms with Crippen LogP contribution in [0.3, 0.4) is 0 Å². The molecule has 0 aromatic carbocycles. The van der Waals surface area contributed by atoms with Crippen molar-refractivity contribution in [2.24, 2.45) is 11.3 Å². The number of hydrogen-bond donors (Lipinski definition) is 1. The standard InChI is InChI=1S/C17H31N3O2/c1-13(17(2,3)4)16(22)20-11-9-19(10-12-20)14-5-6-15(21)18-8-7-14/h13-14H,5-12H2,1-4H3,(H,18,21)/t13-,14+/m1/s1. The van der Waals surface area contributed by atoms with Crippen molar-refractivity contribution in [3.8, 4) is 0 Å². The highest BCUT2D eigenvalue weighted by Gasteiger charge is 2.33. The fraction of sp³-hybridized carbons (Fsp3) is 0.882. The Morgan fingerprint density at radius 2 is 1.82 bits per heavy atom. The highest BCUT2D eigenvalue weighted by Crippen LogP contribution is 2.27. The minimum Gasteiger partial charge on any atom is -0.356 e. The highest BCUT2D eigenvalue weighted by atomic mass is 16.2. The van der Waals surface area contributed by atoms with Crippen LogP contribution in [0.1, 0.15) is 47.0 Å². The lowest BCUT2D eigenvalue weighted by Crippen LogP contribution is -2.54. The van der Waals surface area contributed by atoms with E-state index in [1.165, 1.54) is 0 Å². The van der Waals surface area contributed by atoms with Gasteiger partial charge in [0.05, 0.1) is 0 Å². The summed E-state index contributed by atoms with van der Waals surface area (Å²) in [5.41, 5.74) is 0.0154. The molecule has 2 amide bonds. The van der Waals surface area contributed by atoms with Gasteiger partial charge in [0, 0.05) is 51.1 Å². The molecule has 0 bridgehead atoms. The Bertz CT molecular complexity index is 409. The quantitative estimate of drug-likeness (QED) is 0.841. The first-order valence-corrected chi connectivity index (χ1v) is 8.58. The topological polar surface area (TPSA) is 52.7 Å². The lowest BCUT2D eigenvalue weighted by molar-refractivity contribution is -0.140. The molecular formula is C17H31N3O2. The molecule has 5 nitrogen and oxygen atoms in total. The Morgan fingerprint density at radius 1 is 1.18 bits per heavy atom. The van der Waals surface area contributed by atoms with E-state index in [4.69, 9.17) is 0 Å². The van der Waals surface area contributed by atoms with Crippen LogP contribution in [-0.4, -0.2) is 60.4 Å². The molecule has 2 aliphatic rings. The van der Waals surface area contributed by atoms with Crippen molar-refractivity contribution in [3.63, 3.8) is 0 Å². The molecular weight excluding hydrogens is 278 g/mol. The van der Waals surface area contributed by atoms with Gasteiger partial charge >= 0.3 is 0 Å². The maximum absolute atomic E-state index is 12.6. The molecule has 126 valence electrons. The van der Waals surface area contributed by atoms with Gasteiger partial charge in [-0.1, -0.05) is 27.7 Å². The summed E-state index contributed by atoms with van der Waals surface area (Å²) >= 11 is 0. The Hall–Kier alpha value is -1.10. The molecule has 0 saturated carbocycles. The van der Waals surface area contributed by atoms with Gasteiger partial charge in [-0.3, -0.25) is 14.5 Å². The fourth-order valence-corrected chi connectivity index (χ4v) is 3.23. The van der Waals surface area contributed by atoms with Crippen LogP contribution in [0.2, 0.25) is 0 Å². The predicted molar refractivity (Wildman–Crippen MR) is 87.4 cm³/mol. The Kier molecular flexibility index (Phi) is 5.48. The van der Waals surface area contributed by atoms with Gasteiger partial charge in [-0.25, -0.2) is 0 Å². The molecule has 2 aliphatic heterocycles. The summed E-state index contributed by atoms with van der Waals surface area (Å²) in [5, 5.41) is 2.94. The maximum atomic E-state index is 12.6. The van der Waals surface area contributed by atoms with Crippen LogP contribution in [-0.2, 0) is 9.59 Å². The van der Waals surface area contributed by atoms with E-state index in [1.54, 1.807) is 0 Å². The predicted octanol–water partition coefficient (Wildman–Crippen LogP) is 1.48. The van der Waals surface area contributed by atoms with Crippen LogP contribution in [0.5, 0.6) is 0 Å². The van der Waals surface area contributed by atoms with E-state index in [-0.39, 0.29) is 23.1 Å². The van der Waals surface area contributed by atoms with Gasteiger partial charge in [0.1, 0.15) is 0 Å². The Balaban J connectivity index is 1.85. The second-order valence-corrected chi connectivity index (χ2v) is 7.78. The molecule has 2 rings (SSSR count). The molecule has 0 radical (unpaired) electrons. The fourth-order valence-electron chi connectivity index (χ4n) is 3.23. The number of carbonyl (C=O) groups excluding carboxylic acids is 2. The van der Waals surface area contributed by atoms with Crippen LogP contribution in [0, 0.1) is 11.3 Å². The molecule has 2 atom stereocenters.